The fraction of sp³-hybridized carbons (Fsp3) is 0.533. The van der Waals surface area contributed by atoms with E-state index in [0.29, 0.717) is 18.8 Å². The molecule has 0 aliphatic rings. The van der Waals surface area contributed by atoms with Crippen molar-refractivity contribution >= 4 is 22.9 Å². The highest BCUT2D eigenvalue weighted by Crippen LogP contribution is 2.23. The molecule has 0 saturated carbocycles. The number of hydrogen-bond donors (Lipinski definition) is 0. The quantitative estimate of drug-likeness (QED) is 0.399. The third kappa shape index (κ3) is 5.47. The molecule has 0 radical (unpaired) electrons. The predicted octanol–water partition coefficient (Wildman–Crippen LogP) is 3.04. The number of carbonyl (C=O) groups excluding carboxylic acids is 1. The van der Waals surface area contributed by atoms with Crippen LogP contribution in [0, 0.1) is 0 Å². The molecule has 0 bridgehead atoms. The van der Waals surface area contributed by atoms with Crippen molar-refractivity contribution in [1.82, 2.24) is 0 Å². The molecule has 0 N–H and O–H groups in total. The van der Waals surface area contributed by atoms with Crippen molar-refractivity contribution < 1.29 is 18.3 Å². The maximum atomic E-state index is 12.1. The Bertz CT molecular complexity index is 478. The molecule has 1 aromatic carbocycles. The molecular weight excluding hydrogens is 290 g/mol. The highest BCUT2D eigenvalue weighted by molar-refractivity contribution is 7.80. The van der Waals surface area contributed by atoms with Crippen LogP contribution in [0.5, 0.6) is 0 Å². The standard InChI is InChI=1S/C15H23NO4S/c1-3-5-11-16(21(18)19)14-10-8-7-9-13(14)15(17)20-12-6-4-2/h7-10H,3-6,11-12H2,1-2H3,(H,18,19)/p-1. The molecule has 0 aliphatic heterocycles. The second kappa shape index (κ2) is 9.52. The van der Waals surface area contributed by atoms with E-state index in [-0.39, 0.29) is 5.56 Å². The van der Waals surface area contributed by atoms with Crippen LogP contribution in [0.3, 0.4) is 0 Å². The van der Waals surface area contributed by atoms with Gasteiger partial charge in [0.05, 0.1) is 17.9 Å². The van der Waals surface area contributed by atoms with Gasteiger partial charge in [0.15, 0.2) is 0 Å². The summed E-state index contributed by atoms with van der Waals surface area (Å²) in [4.78, 5) is 12.1. The summed E-state index contributed by atoms with van der Waals surface area (Å²) in [6.45, 7) is 4.69. The maximum absolute atomic E-state index is 12.1. The number of ether oxygens (including phenoxy) is 1. The molecule has 0 aromatic heterocycles. The summed E-state index contributed by atoms with van der Waals surface area (Å²) < 4.78 is 29.2. The molecule has 1 aromatic rings. The summed E-state index contributed by atoms with van der Waals surface area (Å²) in [5, 5.41) is 0. The minimum atomic E-state index is -2.41. The molecule has 1 unspecified atom stereocenters. The van der Waals surface area contributed by atoms with E-state index in [1.165, 1.54) is 4.31 Å². The Labute approximate surface area is 128 Å². The Hall–Kier alpha value is -1.40. The van der Waals surface area contributed by atoms with E-state index in [4.69, 9.17) is 4.74 Å². The van der Waals surface area contributed by atoms with E-state index in [1.807, 2.05) is 13.8 Å². The molecule has 0 fully saturated rings. The number of rotatable bonds is 9. The van der Waals surface area contributed by atoms with Crippen LogP contribution in [0.1, 0.15) is 49.9 Å². The lowest BCUT2D eigenvalue weighted by molar-refractivity contribution is 0.0500. The normalized spacial score (nSPS) is 12.0. The molecule has 6 heteroatoms. The minimum Gasteiger partial charge on any atom is -0.755 e. The van der Waals surface area contributed by atoms with Gasteiger partial charge in [0.2, 0.25) is 0 Å². The number of benzene rings is 1. The van der Waals surface area contributed by atoms with Crippen molar-refractivity contribution in [3.63, 3.8) is 0 Å². The zero-order valence-corrected chi connectivity index (χ0v) is 13.4. The Morgan fingerprint density at radius 1 is 1.24 bits per heavy atom. The van der Waals surface area contributed by atoms with Gasteiger partial charge in [0.1, 0.15) is 0 Å². The van der Waals surface area contributed by atoms with E-state index in [2.05, 4.69) is 0 Å². The smallest absolute Gasteiger partial charge is 0.340 e. The fourth-order valence-corrected chi connectivity index (χ4v) is 2.43. The topological polar surface area (TPSA) is 69.7 Å². The first-order valence-electron chi connectivity index (χ1n) is 7.24. The number of hydrogen-bond acceptors (Lipinski definition) is 4. The van der Waals surface area contributed by atoms with Crippen LogP contribution in [0.25, 0.3) is 0 Å². The third-order valence-corrected chi connectivity index (χ3v) is 3.76. The van der Waals surface area contributed by atoms with Crippen molar-refractivity contribution in [3.05, 3.63) is 29.8 Å². The first-order valence-corrected chi connectivity index (χ1v) is 8.28. The lowest BCUT2D eigenvalue weighted by atomic mass is 10.1. The van der Waals surface area contributed by atoms with Crippen LogP contribution in [-0.4, -0.2) is 27.9 Å². The van der Waals surface area contributed by atoms with Gasteiger partial charge in [-0.2, -0.15) is 0 Å². The fourth-order valence-electron chi connectivity index (χ4n) is 1.83. The zero-order valence-electron chi connectivity index (χ0n) is 12.5. The highest BCUT2D eigenvalue weighted by Gasteiger charge is 2.17. The van der Waals surface area contributed by atoms with Crippen LogP contribution in [0.4, 0.5) is 5.69 Å². The van der Waals surface area contributed by atoms with Crippen LogP contribution in [0.15, 0.2) is 24.3 Å². The van der Waals surface area contributed by atoms with Crippen LogP contribution in [0.2, 0.25) is 0 Å². The second-order valence-corrected chi connectivity index (χ2v) is 5.55. The Morgan fingerprint density at radius 3 is 2.52 bits per heavy atom. The molecule has 0 spiro atoms. The predicted molar refractivity (Wildman–Crippen MR) is 82.8 cm³/mol. The van der Waals surface area contributed by atoms with E-state index < -0.39 is 17.2 Å². The molecular formula is C15H22NO4S-. The lowest BCUT2D eigenvalue weighted by Crippen LogP contribution is -2.28. The number of para-hydroxylation sites is 1. The van der Waals surface area contributed by atoms with Gasteiger partial charge in [0.25, 0.3) is 0 Å². The lowest BCUT2D eigenvalue weighted by Gasteiger charge is -2.27. The largest absolute Gasteiger partial charge is 0.755 e. The SMILES string of the molecule is CCCCOC(=O)c1ccccc1N(CCCC)S(=O)[O-]. The molecule has 0 heterocycles. The highest BCUT2D eigenvalue weighted by atomic mass is 32.2. The molecule has 118 valence electrons. The summed E-state index contributed by atoms with van der Waals surface area (Å²) in [5.41, 5.74) is 0.662. The van der Waals surface area contributed by atoms with Gasteiger partial charge in [-0.15, -0.1) is 0 Å². The average Bonchev–Trinajstić information content (AvgIpc) is 2.48. The van der Waals surface area contributed by atoms with Gasteiger partial charge in [-0.1, -0.05) is 38.8 Å². The zero-order chi connectivity index (χ0) is 15.7. The van der Waals surface area contributed by atoms with E-state index in [0.717, 1.165) is 25.7 Å². The average molecular weight is 312 g/mol. The third-order valence-electron chi connectivity index (χ3n) is 3.02. The van der Waals surface area contributed by atoms with E-state index >= 15 is 0 Å². The molecule has 1 atom stereocenters. The summed E-state index contributed by atoms with van der Waals surface area (Å²) in [6.07, 6.45) is 3.33. The summed E-state index contributed by atoms with van der Waals surface area (Å²) in [7, 11) is 0. The Kier molecular flexibility index (Phi) is 8.00. The number of esters is 1. The van der Waals surface area contributed by atoms with Crippen LogP contribution in [-0.2, 0) is 16.0 Å². The molecule has 21 heavy (non-hydrogen) atoms. The van der Waals surface area contributed by atoms with Gasteiger partial charge in [-0.25, -0.2) is 4.79 Å². The number of carbonyl (C=O) groups is 1. The maximum Gasteiger partial charge on any atom is 0.340 e. The van der Waals surface area contributed by atoms with Gasteiger partial charge in [0, 0.05) is 17.8 Å². The van der Waals surface area contributed by atoms with Gasteiger partial charge >= 0.3 is 5.97 Å². The first-order chi connectivity index (χ1) is 10.1. The summed E-state index contributed by atoms with van der Waals surface area (Å²) in [6, 6.07) is 6.63. The van der Waals surface area contributed by atoms with Crippen molar-refractivity contribution in [2.75, 3.05) is 17.5 Å². The summed E-state index contributed by atoms with van der Waals surface area (Å²) in [5.74, 6) is -0.481. The monoisotopic (exact) mass is 312 g/mol. The molecule has 0 saturated heterocycles. The van der Waals surface area contributed by atoms with Gasteiger partial charge < -0.3 is 13.6 Å². The van der Waals surface area contributed by atoms with Crippen molar-refractivity contribution in [2.45, 2.75) is 39.5 Å². The summed E-state index contributed by atoms with van der Waals surface area (Å²) >= 11 is -2.41. The van der Waals surface area contributed by atoms with Crippen molar-refractivity contribution in [3.8, 4) is 0 Å². The van der Waals surface area contributed by atoms with E-state index in [1.54, 1.807) is 24.3 Å². The first kappa shape index (κ1) is 17.7. The number of nitrogens with zero attached hydrogens (tertiary/aromatic N) is 1. The number of anilines is 1. The second-order valence-electron chi connectivity index (χ2n) is 4.68. The molecule has 1 rings (SSSR count). The minimum absolute atomic E-state index is 0.286. The Balaban J connectivity index is 2.95. The Morgan fingerprint density at radius 2 is 1.90 bits per heavy atom. The molecule has 0 aliphatic carbocycles. The van der Waals surface area contributed by atoms with E-state index in [9.17, 15) is 13.6 Å². The van der Waals surface area contributed by atoms with Gasteiger partial charge in [-0.3, -0.25) is 4.21 Å². The molecule has 5 nitrogen and oxygen atoms in total. The van der Waals surface area contributed by atoms with Crippen LogP contribution < -0.4 is 4.31 Å². The molecule has 0 amide bonds. The van der Waals surface area contributed by atoms with Crippen molar-refractivity contribution in [2.24, 2.45) is 0 Å². The van der Waals surface area contributed by atoms with Crippen LogP contribution >= 0.6 is 0 Å². The van der Waals surface area contributed by atoms with Crippen molar-refractivity contribution in [1.29, 1.82) is 0 Å². The number of unbranched alkanes of at least 4 members (excludes halogenated alkanes) is 2. The van der Waals surface area contributed by atoms with Gasteiger partial charge in [-0.05, 0) is 25.0 Å².